The molecular formula is C20H12Cl2F5Zr-. The standard InChI is InChI=1S/C20H10F5.2ClH.Zr/c21-15-14(16(22)18(24)19(25)17(15)23)20(12-6-2-3-7-12)10-9-11-5-1-4-8-13(11)20;;;/h1-2,4-6,8-10H,3H2;2*1H;/q-1;;;. The fraction of sp³-hybridized carbons (Fsp3) is 0.100. The third-order valence-electron chi connectivity index (χ3n) is 4.62. The first kappa shape index (κ1) is 24.8. The van der Waals surface area contributed by atoms with Crippen molar-refractivity contribution in [2.24, 2.45) is 0 Å². The average Bonchev–Trinajstić information content (AvgIpc) is 3.28. The predicted octanol–water partition coefficient (Wildman–Crippen LogP) is 6.23. The van der Waals surface area contributed by atoms with Gasteiger partial charge >= 0.3 is 0 Å². The minimum atomic E-state index is -2.16. The van der Waals surface area contributed by atoms with Gasteiger partial charge in [0.15, 0.2) is 23.3 Å². The molecule has 0 saturated carbocycles. The van der Waals surface area contributed by atoms with Crippen molar-refractivity contribution < 1.29 is 48.2 Å². The Morgan fingerprint density at radius 3 is 1.93 bits per heavy atom. The third kappa shape index (κ3) is 3.34. The van der Waals surface area contributed by atoms with E-state index in [1.54, 1.807) is 42.5 Å². The van der Waals surface area contributed by atoms with Crippen LogP contribution >= 0.6 is 24.8 Å². The second-order valence-corrected chi connectivity index (χ2v) is 5.87. The Bertz CT molecular complexity index is 971. The van der Waals surface area contributed by atoms with E-state index in [4.69, 9.17) is 0 Å². The van der Waals surface area contributed by atoms with Gasteiger partial charge in [-0.3, -0.25) is 6.08 Å². The largest absolute Gasteiger partial charge is 0.268 e. The minimum Gasteiger partial charge on any atom is -0.268 e. The molecule has 2 aromatic rings. The number of rotatable bonds is 2. The van der Waals surface area contributed by atoms with Gasteiger partial charge in [0.1, 0.15) is 0 Å². The number of fused-ring (bicyclic) bond motifs is 1. The van der Waals surface area contributed by atoms with Gasteiger partial charge in [-0.1, -0.05) is 36.4 Å². The summed E-state index contributed by atoms with van der Waals surface area (Å²) in [5, 5.41) is 0. The Hall–Kier alpha value is -1.23. The van der Waals surface area contributed by atoms with Crippen LogP contribution in [0.5, 0.6) is 0 Å². The molecule has 2 aliphatic rings. The predicted molar refractivity (Wildman–Crippen MR) is 97.5 cm³/mol. The van der Waals surface area contributed by atoms with Crippen molar-refractivity contribution >= 4 is 30.9 Å². The van der Waals surface area contributed by atoms with Gasteiger partial charge < -0.3 is 0 Å². The summed E-state index contributed by atoms with van der Waals surface area (Å²) in [7, 11) is 0. The SMILES string of the molecule is Cl.Cl.Fc1c(F)c(F)c(C2(C3=[C-]CC=C3)C=Cc3ccccc32)c(F)c1F.[Zr]. The molecule has 0 nitrogen and oxygen atoms in total. The van der Waals surface area contributed by atoms with Crippen LogP contribution in [0.25, 0.3) is 6.08 Å². The van der Waals surface area contributed by atoms with Crippen LogP contribution in [0.3, 0.4) is 0 Å². The van der Waals surface area contributed by atoms with Crippen LogP contribution in [0, 0.1) is 35.2 Å². The van der Waals surface area contributed by atoms with Crippen LogP contribution in [0.15, 0.2) is 48.1 Å². The van der Waals surface area contributed by atoms with Crippen LogP contribution in [-0.2, 0) is 31.6 Å². The van der Waals surface area contributed by atoms with E-state index in [9.17, 15) is 22.0 Å². The number of benzene rings is 2. The van der Waals surface area contributed by atoms with Gasteiger partial charge in [-0.05, 0) is 11.1 Å². The normalized spacial score (nSPS) is 18.7. The first-order valence-electron chi connectivity index (χ1n) is 7.57. The molecule has 0 amide bonds. The summed E-state index contributed by atoms with van der Waals surface area (Å²) in [5.41, 5.74) is -1.02. The molecule has 1 atom stereocenters. The van der Waals surface area contributed by atoms with E-state index in [-0.39, 0.29) is 51.0 Å². The summed E-state index contributed by atoms with van der Waals surface area (Å²) in [5.74, 6) is -9.72. The number of hydrogen-bond donors (Lipinski definition) is 0. The van der Waals surface area contributed by atoms with Crippen molar-refractivity contribution in [3.05, 3.63) is 99.9 Å². The van der Waals surface area contributed by atoms with Crippen molar-refractivity contribution in [3.8, 4) is 0 Å². The summed E-state index contributed by atoms with van der Waals surface area (Å²) in [4.78, 5) is 0. The molecule has 28 heavy (non-hydrogen) atoms. The Labute approximate surface area is 190 Å². The molecule has 0 radical (unpaired) electrons. The van der Waals surface area contributed by atoms with E-state index < -0.39 is 40.1 Å². The molecule has 0 aliphatic heterocycles. The Kier molecular flexibility index (Phi) is 8.03. The van der Waals surface area contributed by atoms with Gasteiger partial charge in [-0.15, -0.1) is 31.2 Å². The van der Waals surface area contributed by atoms with Crippen molar-refractivity contribution in [3.63, 3.8) is 0 Å². The molecule has 0 heterocycles. The molecular weight excluding hydrogens is 497 g/mol. The van der Waals surface area contributed by atoms with Gasteiger partial charge in [-0.25, -0.2) is 33.6 Å². The molecule has 8 heteroatoms. The number of hydrogen-bond acceptors (Lipinski definition) is 0. The zero-order valence-electron chi connectivity index (χ0n) is 14.0. The van der Waals surface area contributed by atoms with Crippen LogP contribution in [0.1, 0.15) is 23.1 Å². The average molecular weight is 509 g/mol. The molecule has 2 aliphatic carbocycles. The molecule has 0 aromatic heterocycles. The van der Waals surface area contributed by atoms with Crippen LogP contribution in [-0.4, -0.2) is 0 Å². The van der Waals surface area contributed by atoms with E-state index in [0.29, 0.717) is 23.1 Å². The van der Waals surface area contributed by atoms with Gasteiger partial charge in [0.2, 0.25) is 5.82 Å². The summed E-state index contributed by atoms with van der Waals surface area (Å²) in [6, 6.07) is 6.74. The second kappa shape index (κ2) is 9.06. The van der Waals surface area contributed by atoms with E-state index in [1.165, 1.54) is 6.08 Å². The first-order valence-corrected chi connectivity index (χ1v) is 7.57. The molecule has 0 fully saturated rings. The Morgan fingerprint density at radius 1 is 0.786 bits per heavy atom. The summed E-state index contributed by atoms with van der Waals surface area (Å²) < 4.78 is 70.5. The molecule has 1 unspecified atom stereocenters. The van der Waals surface area contributed by atoms with Crippen LogP contribution in [0.2, 0.25) is 0 Å². The summed E-state index contributed by atoms with van der Waals surface area (Å²) >= 11 is 0. The molecule has 146 valence electrons. The van der Waals surface area contributed by atoms with Crippen LogP contribution < -0.4 is 0 Å². The summed E-state index contributed by atoms with van der Waals surface area (Å²) in [6.45, 7) is 0. The molecule has 4 rings (SSSR count). The van der Waals surface area contributed by atoms with E-state index >= 15 is 0 Å². The zero-order valence-corrected chi connectivity index (χ0v) is 18.1. The molecule has 0 N–H and O–H groups in total. The van der Waals surface area contributed by atoms with Gasteiger partial charge in [0.25, 0.3) is 0 Å². The molecule has 0 bridgehead atoms. The maximum Gasteiger partial charge on any atom is 0.200 e. The van der Waals surface area contributed by atoms with Gasteiger partial charge in [0, 0.05) is 37.2 Å². The fourth-order valence-corrected chi connectivity index (χ4v) is 3.52. The van der Waals surface area contributed by atoms with Gasteiger partial charge in [0.05, 0.1) is 0 Å². The van der Waals surface area contributed by atoms with E-state index in [2.05, 4.69) is 6.08 Å². The van der Waals surface area contributed by atoms with E-state index in [1.807, 2.05) is 0 Å². The molecule has 2 aromatic carbocycles. The molecule has 0 saturated heterocycles. The van der Waals surface area contributed by atoms with Crippen molar-refractivity contribution in [1.82, 2.24) is 0 Å². The maximum absolute atomic E-state index is 14.6. The number of halogens is 7. The maximum atomic E-state index is 14.6. The first-order chi connectivity index (χ1) is 12.0. The van der Waals surface area contributed by atoms with E-state index in [0.717, 1.165) is 0 Å². The Morgan fingerprint density at radius 2 is 1.36 bits per heavy atom. The summed E-state index contributed by atoms with van der Waals surface area (Å²) in [6.07, 6.45) is 9.78. The monoisotopic (exact) mass is 507 g/mol. The second-order valence-electron chi connectivity index (χ2n) is 5.87. The quantitative estimate of drug-likeness (QED) is 0.195. The fourth-order valence-electron chi connectivity index (χ4n) is 3.52. The van der Waals surface area contributed by atoms with Crippen molar-refractivity contribution in [2.45, 2.75) is 11.8 Å². The minimum absolute atomic E-state index is 0. The van der Waals surface area contributed by atoms with Gasteiger partial charge in [-0.2, -0.15) is 6.08 Å². The smallest absolute Gasteiger partial charge is 0.200 e. The topological polar surface area (TPSA) is 0 Å². The Balaban J connectivity index is 0.00000131. The molecule has 0 spiro atoms. The van der Waals surface area contributed by atoms with Crippen LogP contribution in [0.4, 0.5) is 22.0 Å². The number of allylic oxidation sites excluding steroid dienone is 5. The van der Waals surface area contributed by atoms with Crippen molar-refractivity contribution in [2.75, 3.05) is 0 Å². The third-order valence-corrected chi connectivity index (χ3v) is 4.62. The van der Waals surface area contributed by atoms with Crippen molar-refractivity contribution in [1.29, 1.82) is 0 Å². The zero-order chi connectivity index (χ0) is 17.8.